The quantitative estimate of drug-likeness (QED) is 0.408. The van der Waals surface area contributed by atoms with Gasteiger partial charge in [0.05, 0.1) is 5.69 Å². The molecule has 1 amide bonds. The van der Waals surface area contributed by atoms with Gasteiger partial charge >= 0.3 is 0 Å². The summed E-state index contributed by atoms with van der Waals surface area (Å²) in [5, 5.41) is 4.95. The fraction of sp³-hybridized carbons (Fsp3) is 0.143. The highest BCUT2D eigenvalue weighted by Crippen LogP contribution is 2.26. The number of hydrogen-bond donors (Lipinski definition) is 1. The third-order valence-electron chi connectivity index (χ3n) is 4.50. The van der Waals surface area contributed by atoms with Crippen molar-refractivity contribution in [3.05, 3.63) is 75.6 Å². The van der Waals surface area contributed by atoms with Crippen LogP contribution in [0.25, 0.3) is 16.2 Å². The first-order chi connectivity index (χ1) is 13.5. The topological polar surface area (TPSA) is 46.4 Å². The Balaban J connectivity index is 1.48. The van der Waals surface area contributed by atoms with Crippen molar-refractivity contribution in [3.8, 4) is 11.3 Å². The molecule has 4 aromatic rings. The second kappa shape index (κ2) is 7.85. The largest absolute Gasteiger partial charge is 0.326 e. The number of aryl methyl sites for hydroxylation is 2. The minimum atomic E-state index is -0.293. The molecule has 0 saturated heterocycles. The zero-order chi connectivity index (χ0) is 19.7. The molecule has 0 saturated carbocycles. The lowest BCUT2D eigenvalue weighted by Crippen LogP contribution is -2.13. The van der Waals surface area contributed by atoms with Crippen molar-refractivity contribution < 1.29 is 9.18 Å². The molecule has 0 spiro atoms. The molecule has 142 valence electrons. The number of imidazole rings is 1. The summed E-state index contributed by atoms with van der Waals surface area (Å²) in [7, 11) is 0. The molecule has 0 aliphatic carbocycles. The summed E-state index contributed by atoms with van der Waals surface area (Å²) in [4.78, 5) is 17.7. The average Bonchev–Trinajstić information content (AvgIpc) is 3.24. The number of rotatable bonds is 5. The molecule has 0 bridgehead atoms. The van der Waals surface area contributed by atoms with Crippen LogP contribution in [-0.4, -0.2) is 15.3 Å². The zero-order valence-electron chi connectivity index (χ0n) is 15.1. The Hall–Kier alpha value is -2.51. The first kappa shape index (κ1) is 18.8. The van der Waals surface area contributed by atoms with Crippen LogP contribution in [0.2, 0.25) is 0 Å². The number of halogens is 2. The predicted molar refractivity (Wildman–Crippen MR) is 114 cm³/mol. The van der Waals surface area contributed by atoms with E-state index in [0.29, 0.717) is 24.1 Å². The number of benzene rings is 2. The molecule has 0 atom stereocenters. The fourth-order valence-electron chi connectivity index (χ4n) is 3.03. The normalized spacial score (nSPS) is 11.1. The first-order valence-electron chi connectivity index (χ1n) is 8.77. The number of fused-ring (bicyclic) bond motifs is 1. The van der Waals surface area contributed by atoms with E-state index in [9.17, 15) is 9.18 Å². The second-order valence-electron chi connectivity index (χ2n) is 6.49. The summed E-state index contributed by atoms with van der Waals surface area (Å²) in [6, 6.07) is 12.4. The number of amides is 1. The highest BCUT2D eigenvalue weighted by molar-refractivity contribution is 9.10. The van der Waals surface area contributed by atoms with Gasteiger partial charge in [0.25, 0.3) is 0 Å². The van der Waals surface area contributed by atoms with Crippen molar-refractivity contribution >= 4 is 43.8 Å². The van der Waals surface area contributed by atoms with Crippen LogP contribution >= 0.6 is 27.3 Å². The Morgan fingerprint density at radius 1 is 1.29 bits per heavy atom. The molecule has 2 aromatic carbocycles. The molecule has 2 heterocycles. The smallest absolute Gasteiger partial charge is 0.224 e. The molecule has 28 heavy (non-hydrogen) atoms. The van der Waals surface area contributed by atoms with E-state index in [-0.39, 0.29) is 11.7 Å². The van der Waals surface area contributed by atoms with E-state index in [4.69, 9.17) is 0 Å². The van der Waals surface area contributed by atoms with Crippen LogP contribution < -0.4 is 5.32 Å². The molecule has 4 nitrogen and oxygen atoms in total. The van der Waals surface area contributed by atoms with Gasteiger partial charge in [0.1, 0.15) is 5.82 Å². The molecule has 1 N–H and O–H groups in total. The molecule has 0 aliphatic heterocycles. The lowest BCUT2D eigenvalue weighted by molar-refractivity contribution is -0.116. The molecular formula is C21H17BrFN3OS. The van der Waals surface area contributed by atoms with Gasteiger partial charge in [0.2, 0.25) is 5.91 Å². The summed E-state index contributed by atoms with van der Waals surface area (Å²) in [5.74, 6) is -0.335. The van der Waals surface area contributed by atoms with E-state index in [2.05, 4.69) is 26.2 Å². The van der Waals surface area contributed by atoms with Crippen molar-refractivity contribution in [2.75, 3.05) is 5.32 Å². The molecule has 0 aliphatic rings. The fourth-order valence-corrected chi connectivity index (χ4v) is 4.41. The van der Waals surface area contributed by atoms with E-state index in [1.54, 1.807) is 18.2 Å². The Labute approximate surface area is 174 Å². The number of aromatic nitrogens is 2. The van der Waals surface area contributed by atoms with E-state index < -0.39 is 0 Å². The number of carbonyl (C=O) groups excluding carboxylic acids is 1. The van der Waals surface area contributed by atoms with Crippen molar-refractivity contribution in [1.82, 2.24) is 9.38 Å². The maximum Gasteiger partial charge on any atom is 0.224 e. The van der Waals surface area contributed by atoms with Crippen molar-refractivity contribution in [1.29, 1.82) is 0 Å². The molecule has 0 radical (unpaired) electrons. The summed E-state index contributed by atoms with van der Waals surface area (Å²) in [6.07, 6.45) is 2.76. The van der Waals surface area contributed by atoms with Crippen LogP contribution in [0.1, 0.15) is 17.7 Å². The maximum atomic E-state index is 14.0. The van der Waals surface area contributed by atoms with Gasteiger partial charge in [-0.2, -0.15) is 0 Å². The molecule has 2 aromatic heterocycles. The van der Waals surface area contributed by atoms with Gasteiger partial charge in [-0.05, 0) is 49.2 Å². The number of nitrogens with one attached hydrogen (secondary N) is 1. The Bertz CT molecular complexity index is 1170. The highest BCUT2D eigenvalue weighted by Gasteiger charge is 2.13. The Morgan fingerprint density at radius 2 is 2.11 bits per heavy atom. The zero-order valence-corrected chi connectivity index (χ0v) is 17.5. The Morgan fingerprint density at radius 3 is 2.89 bits per heavy atom. The van der Waals surface area contributed by atoms with Gasteiger partial charge in [-0.25, -0.2) is 9.37 Å². The van der Waals surface area contributed by atoms with E-state index >= 15 is 0 Å². The number of carbonyl (C=O) groups is 1. The maximum absolute atomic E-state index is 14.0. The monoisotopic (exact) mass is 457 g/mol. The van der Waals surface area contributed by atoms with Crippen LogP contribution in [-0.2, 0) is 11.2 Å². The minimum Gasteiger partial charge on any atom is -0.326 e. The van der Waals surface area contributed by atoms with Crippen molar-refractivity contribution in [2.24, 2.45) is 0 Å². The van der Waals surface area contributed by atoms with E-state index in [1.165, 1.54) is 17.4 Å². The molecule has 0 unspecified atom stereocenters. The van der Waals surface area contributed by atoms with Crippen molar-refractivity contribution in [3.63, 3.8) is 0 Å². The van der Waals surface area contributed by atoms with Gasteiger partial charge in [0, 0.05) is 39.4 Å². The predicted octanol–water partition coefficient (Wildman–Crippen LogP) is 5.84. The van der Waals surface area contributed by atoms with Gasteiger partial charge in [0.15, 0.2) is 4.96 Å². The molecule has 7 heteroatoms. The van der Waals surface area contributed by atoms with Gasteiger partial charge < -0.3 is 5.32 Å². The van der Waals surface area contributed by atoms with Gasteiger partial charge in [-0.1, -0.05) is 28.1 Å². The third-order valence-corrected chi connectivity index (χ3v) is 5.89. The lowest BCUT2D eigenvalue weighted by Gasteiger charge is -2.08. The van der Waals surface area contributed by atoms with Crippen LogP contribution in [0, 0.1) is 12.7 Å². The summed E-state index contributed by atoms with van der Waals surface area (Å²) >= 11 is 4.91. The third kappa shape index (κ3) is 3.86. The second-order valence-corrected chi connectivity index (χ2v) is 8.25. The molecule has 0 fully saturated rings. The number of anilines is 1. The average molecular weight is 458 g/mol. The standard InChI is InChI=1S/C21H17BrFN3OS/c1-13-10-14(22)6-8-18(13)24-20(27)9-7-15-12-28-21-25-19(11-26(15)21)16-4-2-3-5-17(16)23/h2-6,8,10-12H,7,9H2,1H3,(H,24,27). The van der Waals surface area contributed by atoms with Crippen molar-refractivity contribution in [2.45, 2.75) is 19.8 Å². The number of hydrogen-bond acceptors (Lipinski definition) is 3. The highest BCUT2D eigenvalue weighted by atomic mass is 79.9. The Kier molecular flexibility index (Phi) is 5.28. The number of thiazole rings is 1. The van der Waals surface area contributed by atoms with Crippen LogP contribution in [0.3, 0.4) is 0 Å². The molecular weight excluding hydrogens is 441 g/mol. The van der Waals surface area contributed by atoms with Crippen LogP contribution in [0.5, 0.6) is 0 Å². The number of nitrogens with zero attached hydrogens (tertiary/aromatic N) is 2. The van der Waals surface area contributed by atoms with Crippen LogP contribution in [0.15, 0.2) is 58.5 Å². The van der Waals surface area contributed by atoms with Crippen LogP contribution in [0.4, 0.5) is 10.1 Å². The SMILES string of the molecule is Cc1cc(Br)ccc1NC(=O)CCc1csc2nc(-c3ccccc3F)cn12. The minimum absolute atomic E-state index is 0.0424. The van der Waals surface area contributed by atoms with E-state index in [1.807, 2.05) is 41.1 Å². The molecule has 4 rings (SSSR count). The van der Waals surface area contributed by atoms with Gasteiger partial charge in [-0.15, -0.1) is 11.3 Å². The summed E-state index contributed by atoms with van der Waals surface area (Å²) in [6.45, 7) is 1.96. The summed E-state index contributed by atoms with van der Waals surface area (Å²) in [5.41, 5.74) is 3.88. The lowest BCUT2D eigenvalue weighted by atomic mass is 10.1. The summed E-state index contributed by atoms with van der Waals surface area (Å²) < 4.78 is 16.9. The first-order valence-corrected chi connectivity index (χ1v) is 10.4. The van der Waals surface area contributed by atoms with E-state index in [0.717, 1.165) is 26.4 Å². The van der Waals surface area contributed by atoms with Gasteiger partial charge in [-0.3, -0.25) is 9.20 Å².